The molecule has 3 N–H and O–H groups in total. The van der Waals surface area contributed by atoms with Crippen LogP contribution in [0.3, 0.4) is 0 Å². The molecule has 0 radical (unpaired) electrons. The number of nitrogens with one attached hydrogen (secondary N) is 2. The molecule has 2 aliphatic rings. The molecular formula is C20H26N6O3. The van der Waals surface area contributed by atoms with Crippen molar-refractivity contribution in [3.63, 3.8) is 0 Å². The fourth-order valence-electron chi connectivity index (χ4n) is 3.70. The van der Waals surface area contributed by atoms with Crippen LogP contribution in [0, 0.1) is 5.92 Å². The van der Waals surface area contributed by atoms with Crippen LogP contribution in [-0.2, 0) is 11.3 Å². The number of hydrogen-bond acceptors (Lipinski definition) is 5. The topological polar surface area (TPSA) is 112 Å². The average Bonchev–Trinajstić information content (AvgIpc) is 3.37. The van der Waals surface area contributed by atoms with E-state index in [-0.39, 0.29) is 24.7 Å². The first-order chi connectivity index (χ1) is 14.1. The minimum Gasteiger partial charge on any atom is -0.480 e. The van der Waals surface area contributed by atoms with Gasteiger partial charge in [0.2, 0.25) is 0 Å². The van der Waals surface area contributed by atoms with E-state index in [1.54, 1.807) is 23.1 Å². The summed E-state index contributed by atoms with van der Waals surface area (Å²) in [6.45, 7) is 1.40. The summed E-state index contributed by atoms with van der Waals surface area (Å²) in [6.07, 6.45) is 7.31. The first kappa shape index (κ1) is 19.4. The minimum atomic E-state index is -0.791. The number of urea groups is 1. The van der Waals surface area contributed by atoms with Gasteiger partial charge in [0.25, 0.3) is 0 Å². The number of aromatic nitrogens is 3. The molecular weight excluding hydrogens is 372 g/mol. The van der Waals surface area contributed by atoms with Gasteiger partial charge in [-0.25, -0.2) is 9.48 Å². The summed E-state index contributed by atoms with van der Waals surface area (Å²) < 4.78 is 1.69. The molecule has 0 atom stereocenters. The average molecular weight is 398 g/mol. The van der Waals surface area contributed by atoms with E-state index in [9.17, 15) is 9.59 Å². The number of carboxylic acids is 1. The largest absolute Gasteiger partial charge is 0.480 e. The van der Waals surface area contributed by atoms with E-state index in [4.69, 9.17) is 5.11 Å². The van der Waals surface area contributed by atoms with Crippen molar-refractivity contribution in [3.05, 3.63) is 42.4 Å². The number of aliphatic carboxylic acids is 1. The highest BCUT2D eigenvalue weighted by molar-refractivity contribution is 5.88. The molecule has 2 heterocycles. The Kier molecular flexibility index (Phi) is 5.75. The minimum absolute atomic E-state index is 0.0580. The van der Waals surface area contributed by atoms with Gasteiger partial charge in [-0.2, -0.15) is 5.10 Å². The number of carbonyl (C=O) groups is 2. The molecule has 9 heteroatoms. The summed E-state index contributed by atoms with van der Waals surface area (Å²) in [5.41, 5.74) is 0.857. The second-order valence-corrected chi connectivity index (χ2v) is 7.88. The highest BCUT2D eigenvalue weighted by Gasteiger charge is 2.37. The van der Waals surface area contributed by atoms with Gasteiger partial charge < -0.3 is 10.4 Å². The summed E-state index contributed by atoms with van der Waals surface area (Å²) in [5, 5.41) is 19.2. The van der Waals surface area contributed by atoms with Crippen molar-refractivity contribution in [1.82, 2.24) is 25.0 Å². The highest BCUT2D eigenvalue weighted by atomic mass is 16.4. The van der Waals surface area contributed by atoms with E-state index >= 15 is 0 Å². The Balaban J connectivity index is 1.25. The van der Waals surface area contributed by atoms with Crippen molar-refractivity contribution in [2.45, 2.75) is 44.3 Å². The first-order valence-electron chi connectivity index (χ1n) is 10.0. The summed E-state index contributed by atoms with van der Waals surface area (Å²) in [5.74, 6) is 0.454. The van der Waals surface area contributed by atoms with Crippen LogP contribution < -0.4 is 10.6 Å². The molecule has 0 aliphatic heterocycles. The van der Waals surface area contributed by atoms with Crippen LogP contribution in [0.4, 0.5) is 10.6 Å². The maximum Gasteiger partial charge on any atom is 0.320 e. The lowest BCUT2D eigenvalue weighted by atomic mass is 9.85. The van der Waals surface area contributed by atoms with Crippen LogP contribution in [0.1, 0.15) is 31.4 Å². The van der Waals surface area contributed by atoms with Crippen molar-refractivity contribution in [2.75, 3.05) is 18.4 Å². The zero-order chi connectivity index (χ0) is 20.2. The third kappa shape index (κ3) is 5.32. The Morgan fingerprint density at radius 1 is 1.21 bits per heavy atom. The molecule has 0 saturated heterocycles. The molecule has 0 unspecified atom stereocenters. The van der Waals surface area contributed by atoms with Crippen LogP contribution in [0.2, 0.25) is 0 Å². The van der Waals surface area contributed by atoms with Crippen LogP contribution in [0.15, 0.2) is 36.7 Å². The Hall–Kier alpha value is -2.94. The summed E-state index contributed by atoms with van der Waals surface area (Å²) >= 11 is 0. The summed E-state index contributed by atoms with van der Waals surface area (Å²) in [7, 11) is 0. The van der Waals surface area contributed by atoms with Gasteiger partial charge in [-0.3, -0.25) is 20.0 Å². The number of nitrogens with zero attached hydrogens (tertiary/aromatic N) is 4. The zero-order valence-corrected chi connectivity index (χ0v) is 16.2. The van der Waals surface area contributed by atoms with Crippen LogP contribution >= 0.6 is 0 Å². The fourth-order valence-corrected chi connectivity index (χ4v) is 3.70. The lowest BCUT2D eigenvalue weighted by Crippen LogP contribution is -2.56. The SMILES string of the molecule is O=C(O)CN(CC1CC1)C1CC(NC(=O)Nc2ccnn2Cc2ccccn2)C1. The monoisotopic (exact) mass is 398 g/mol. The molecule has 0 bridgehead atoms. The quantitative estimate of drug-likeness (QED) is 0.594. The Labute approximate surface area is 169 Å². The van der Waals surface area contributed by atoms with Gasteiger partial charge in [0.1, 0.15) is 5.82 Å². The van der Waals surface area contributed by atoms with Crippen molar-refractivity contribution < 1.29 is 14.7 Å². The summed E-state index contributed by atoms with van der Waals surface area (Å²) in [6, 6.07) is 7.43. The number of pyridine rings is 1. The second-order valence-electron chi connectivity index (χ2n) is 7.88. The maximum atomic E-state index is 12.4. The predicted octanol–water partition coefficient (Wildman–Crippen LogP) is 1.78. The first-order valence-corrected chi connectivity index (χ1v) is 10.0. The molecule has 4 rings (SSSR count). The number of rotatable bonds is 9. The van der Waals surface area contributed by atoms with Crippen molar-refractivity contribution in [1.29, 1.82) is 0 Å². The van der Waals surface area contributed by atoms with Gasteiger partial charge >= 0.3 is 12.0 Å². The van der Waals surface area contributed by atoms with Gasteiger partial charge in [0, 0.05) is 30.9 Å². The molecule has 9 nitrogen and oxygen atoms in total. The Morgan fingerprint density at radius 3 is 2.72 bits per heavy atom. The van der Waals surface area contributed by atoms with Crippen LogP contribution in [0.5, 0.6) is 0 Å². The summed E-state index contributed by atoms with van der Waals surface area (Å²) in [4.78, 5) is 29.8. The van der Waals surface area contributed by atoms with E-state index < -0.39 is 5.97 Å². The standard InChI is InChI=1S/C20H26N6O3/c27-19(28)13-25(11-14-4-5-14)17-9-16(10-17)23-20(29)24-18-6-8-22-26(18)12-15-3-1-2-7-21-15/h1-3,6-8,14,16-17H,4-5,9-13H2,(H,27,28)(H2,23,24,29). The number of carbonyl (C=O) groups excluding carboxylic acids is 1. The number of carboxylic acid groups (broad SMARTS) is 1. The molecule has 154 valence electrons. The van der Waals surface area contributed by atoms with E-state index in [0.29, 0.717) is 18.3 Å². The number of anilines is 1. The molecule has 2 amide bonds. The predicted molar refractivity (Wildman–Crippen MR) is 106 cm³/mol. The van der Waals surface area contributed by atoms with Gasteiger partial charge in [-0.05, 0) is 43.7 Å². The number of hydrogen-bond donors (Lipinski definition) is 3. The number of amides is 2. The third-order valence-electron chi connectivity index (χ3n) is 5.49. The van der Waals surface area contributed by atoms with Crippen LogP contribution in [0.25, 0.3) is 0 Å². The fraction of sp³-hybridized carbons (Fsp3) is 0.500. The molecule has 0 aromatic carbocycles. The molecule has 2 aromatic heterocycles. The van der Waals surface area contributed by atoms with E-state index in [1.165, 1.54) is 12.8 Å². The Morgan fingerprint density at radius 2 is 2.03 bits per heavy atom. The van der Waals surface area contributed by atoms with E-state index in [1.807, 2.05) is 18.2 Å². The maximum absolute atomic E-state index is 12.4. The molecule has 2 fully saturated rings. The van der Waals surface area contributed by atoms with Gasteiger partial charge in [0.05, 0.1) is 25.0 Å². The van der Waals surface area contributed by atoms with Gasteiger partial charge in [0.15, 0.2) is 0 Å². The normalized spacial score (nSPS) is 20.9. The van der Waals surface area contributed by atoms with Crippen LogP contribution in [-0.4, -0.2) is 61.9 Å². The lowest BCUT2D eigenvalue weighted by molar-refractivity contribution is -0.139. The highest BCUT2D eigenvalue weighted by Crippen LogP contribution is 2.33. The zero-order valence-electron chi connectivity index (χ0n) is 16.2. The van der Waals surface area contributed by atoms with Crippen molar-refractivity contribution in [3.8, 4) is 0 Å². The molecule has 29 heavy (non-hydrogen) atoms. The molecule has 2 aliphatic carbocycles. The smallest absolute Gasteiger partial charge is 0.320 e. The Bertz CT molecular complexity index is 845. The molecule has 0 spiro atoms. The van der Waals surface area contributed by atoms with Crippen molar-refractivity contribution in [2.24, 2.45) is 5.92 Å². The van der Waals surface area contributed by atoms with E-state index in [0.717, 1.165) is 25.1 Å². The molecule has 2 saturated carbocycles. The van der Waals surface area contributed by atoms with E-state index in [2.05, 4.69) is 25.6 Å². The second kappa shape index (κ2) is 8.60. The lowest BCUT2D eigenvalue weighted by Gasteiger charge is -2.42. The third-order valence-corrected chi connectivity index (χ3v) is 5.49. The van der Waals surface area contributed by atoms with Gasteiger partial charge in [-0.15, -0.1) is 0 Å². The van der Waals surface area contributed by atoms with Crippen molar-refractivity contribution >= 4 is 17.8 Å². The molecule has 2 aromatic rings. The van der Waals surface area contributed by atoms with Gasteiger partial charge in [-0.1, -0.05) is 6.07 Å².